The Kier molecular flexibility index (Phi) is 8.55. The van der Waals surface area contributed by atoms with Gasteiger partial charge in [-0.3, -0.25) is 0 Å². The Morgan fingerprint density at radius 2 is 1.82 bits per heavy atom. The fourth-order valence-corrected chi connectivity index (χ4v) is 1.48. The van der Waals surface area contributed by atoms with Gasteiger partial charge in [0.2, 0.25) is 0 Å². The zero-order chi connectivity index (χ0) is 12.2. The Hall–Kier alpha value is -0.900. The van der Waals surface area contributed by atoms with Gasteiger partial charge in [-0.25, -0.2) is 0 Å². The number of hydrogen-bond donors (Lipinski definition) is 1. The summed E-state index contributed by atoms with van der Waals surface area (Å²) >= 11 is 0. The van der Waals surface area contributed by atoms with Gasteiger partial charge in [-0.15, -0.1) is 0 Å². The van der Waals surface area contributed by atoms with Crippen molar-refractivity contribution in [2.24, 2.45) is 0 Å². The minimum atomic E-state index is 0.708. The van der Waals surface area contributed by atoms with Gasteiger partial charge in [0.05, 0.1) is 13.2 Å². The van der Waals surface area contributed by atoms with Crippen LogP contribution in [0.1, 0.15) is 18.9 Å². The Morgan fingerprint density at radius 1 is 1.00 bits per heavy atom. The second-order valence-corrected chi connectivity index (χ2v) is 3.84. The van der Waals surface area contributed by atoms with E-state index in [0.29, 0.717) is 6.61 Å². The van der Waals surface area contributed by atoms with E-state index in [1.807, 2.05) is 25.1 Å². The maximum absolute atomic E-state index is 5.58. The van der Waals surface area contributed by atoms with Gasteiger partial charge < -0.3 is 14.8 Å². The largest absolute Gasteiger partial charge is 0.380 e. The summed E-state index contributed by atoms with van der Waals surface area (Å²) in [6, 6.07) is 10.3. The highest BCUT2D eigenvalue weighted by molar-refractivity contribution is 5.13. The summed E-state index contributed by atoms with van der Waals surface area (Å²) in [7, 11) is 0. The van der Waals surface area contributed by atoms with Crippen molar-refractivity contribution in [1.82, 2.24) is 5.32 Å². The molecule has 0 fully saturated rings. The first-order chi connectivity index (χ1) is 8.43. The van der Waals surface area contributed by atoms with Crippen LogP contribution in [0, 0.1) is 0 Å². The lowest BCUT2D eigenvalue weighted by Gasteiger charge is -2.06. The zero-order valence-corrected chi connectivity index (χ0v) is 10.7. The van der Waals surface area contributed by atoms with E-state index in [0.717, 1.165) is 39.3 Å². The van der Waals surface area contributed by atoms with E-state index in [4.69, 9.17) is 9.47 Å². The van der Waals surface area contributed by atoms with Gasteiger partial charge in [0.25, 0.3) is 0 Å². The van der Waals surface area contributed by atoms with E-state index in [1.165, 1.54) is 5.56 Å². The fourth-order valence-electron chi connectivity index (χ4n) is 1.48. The molecule has 1 rings (SSSR count). The highest BCUT2D eigenvalue weighted by atomic mass is 16.5. The van der Waals surface area contributed by atoms with E-state index < -0.39 is 0 Å². The summed E-state index contributed by atoms with van der Waals surface area (Å²) in [6.45, 7) is 7.02. The molecule has 0 saturated heterocycles. The topological polar surface area (TPSA) is 30.5 Å². The molecule has 3 nitrogen and oxygen atoms in total. The number of benzene rings is 1. The van der Waals surface area contributed by atoms with Crippen LogP contribution in [0.15, 0.2) is 30.3 Å². The first-order valence-electron chi connectivity index (χ1n) is 6.33. The lowest BCUT2D eigenvalue weighted by Crippen LogP contribution is -2.21. The molecule has 3 heteroatoms. The summed E-state index contributed by atoms with van der Waals surface area (Å²) in [5.41, 5.74) is 1.23. The molecule has 96 valence electrons. The Labute approximate surface area is 104 Å². The highest BCUT2D eigenvalue weighted by Crippen LogP contribution is 2.00. The maximum Gasteiger partial charge on any atom is 0.0716 e. The zero-order valence-electron chi connectivity index (χ0n) is 10.7. The van der Waals surface area contributed by atoms with Crippen LogP contribution in [0.4, 0.5) is 0 Å². The lowest BCUT2D eigenvalue weighted by molar-refractivity contribution is 0.116. The van der Waals surface area contributed by atoms with Crippen molar-refractivity contribution >= 4 is 0 Å². The standard InChI is InChI=1S/C14H23NO2/c1-2-16-12-10-15-9-6-11-17-13-14-7-4-3-5-8-14/h3-5,7-8,15H,2,6,9-13H2,1H3. The first-order valence-corrected chi connectivity index (χ1v) is 6.33. The van der Waals surface area contributed by atoms with Crippen molar-refractivity contribution < 1.29 is 9.47 Å². The van der Waals surface area contributed by atoms with E-state index in [1.54, 1.807) is 0 Å². The van der Waals surface area contributed by atoms with Gasteiger partial charge in [-0.05, 0) is 25.5 Å². The number of nitrogens with one attached hydrogen (secondary N) is 1. The van der Waals surface area contributed by atoms with Crippen molar-refractivity contribution in [1.29, 1.82) is 0 Å². The molecule has 0 spiro atoms. The third kappa shape index (κ3) is 7.91. The first kappa shape index (κ1) is 14.2. The van der Waals surface area contributed by atoms with Gasteiger partial charge in [-0.2, -0.15) is 0 Å². The quantitative estimate of drug-likeness (QED) is 0.633. The molecule has 1 N–H and O–H groups in total. The normalized spacial score (nSPS) is 10.6. The van der Waals surface area contributed by atoms with Gasteiger partial charge in [0.1, 0.15) is 0 Å². The molecule has 0 heterocycles. The molecule has 0 aromatic heterocycles. The van der Waals surface area contributed by atoms with Crippen LogP contribution in [0.2, 0.25) is 0 Å². The van der Waals surface area contributed by atoms with Gasteiger partial charge >= 0.3 is 0 Å². The molecule has 0 aliphatic rings. The third-order valence-electron chi connectivity index (χ3n) is 2.38. The van der Waals surface area contributed by atoms with E-state index >= 15 is 0 Å². The Balaban J connectivity index is 1.85. The van der Waals surface area contributed by atoms with Gasteiger partial charge in [-0.1, -0.05) is 30.3 Å². The van der Waals surface area contributed by atoms with Crippen molar-refractivity contribution in [3.8, 4) is 0 Å². The summed E-state index contributed by atoms with van der Waals surface area (Å²) in [5.74, 6) is 0. The predicted molar refractivity (Wildman–Crippen MR) is 70.1 cm³/mol. The molecule has 1 aromatic carbocycles. The highest BCUT2D eigenvalue weighted by Gasteiger charge is 1.92. The molecule has 0 atom stereocenters. The molecule has 1 aromatic rings. The van der Waals surface area contributed by atoms with Gasteiger partial charge in [0, 0.05) is 19.8 Å². The monoisotopic (exact) mass is 237 g/mol. The number of hydrogen-bond acceptors (Lipinski definition) is 3. The van der Waals surface area contributed by atoms with Crippen LogP contribution in [0.3, 0.4) is 0 Å². The summed E-state index contributed by atoms with van der Waals surface area (Å²) < 4.78 is 10.8. The Bertz CT molecular complexity index is 264. The summed E-state index contributed by atoms with van der Waals surface area (Å²) in [4.78, 5) is 0. The summed E-state index contributed by atoms with van der Waals surface area (Å²) in [6.07, 6.45) is 1.04. The molecule has 0 amide bonds. The average molecular weight is 237 g/mol. The predicted octanol–water partition coefficient (Wildman–Crippen LogP) is 2.22. The SMILES string of the molecule is CCOCCNCCCOCc1ccccc1. The van der Waals surface area contributed by atoms with Crippen molar-refractivity contribution in [3.63, 3.8) is 0 Å². The van der Waals surface area contributed by atoms with Crippen LogP contribution >= 0.6 is 0 Å². The van der Waals surface area contributed by atoms with Crippen molar-refractivity contribution in [2.75, 3.05) is 32.9 Å². The number of rotatable bonds is 10. The van der Waals surface area contributed by atoms with Crippen molar-refractivity contribution in [2.45, 2.75) is 20.0 Å². The van der Waals surface area contributed by atoms with Crippen LogP contribution in [-0.2, 0) is 16.1 Å². The second-order valence-electron chi connectivity index (χ2n) is 3.84. The molecular weight excluding hydrogens is 214 g/mol. The van der Waals surface area contributed by atoms with Crippen LogP contribution < -0.4 is 5.32 Å². The van der Waals surface area contributed by atoms with Crippen molar-refractivity contribution in [3.05, 3.63) is 35.9 Å². The molecular formula is C14H23NO2. The van der Waals surface area contributed by atoms with E-state index in [-0.39, 0.29) is 0 Å². The molecule has 0 unspecified atom stereocenters. The van der Waals surface area contributed by atoms with E-state index in [9.17, 15) is 0 Å². The minimum absolute atomic E-state index is 0.708. The minimum Gasteiger partial charge on any atom is -0.380 e. The molecule has 0 aliphatic heterocycles. The van der Waals surface area contributed by atoms with Gasteiger partial charge in [0.15, 0.2) is 0 Å². The third-order valence-corrected chi connectivity index (χ3v) is 2.38. The molecule has 0 radical (unpaired) electrons. The molecule has 17 heavy (non-hydrogen) atoms. The molecule has 0 bridgehead atoms. The summed E-state index contributed by atoms with van der Waals surface area (Å²) in [5, 5.41) is 3.31. The van der Waals surface area contributed by atoms with Crippen LogP contribution in [-0.4, -0.2) is 32.9 Å². The average Bonchev–Trinajstić information content (AvgIpc) is 2.38. The van der Waals surface area contributed by atoms with E-state index in [2.05, 4.69) is 17.4 Å². The Morgan fingerprint density at radius 3 is 2.59 bits per heavy atom. The second kappa shape index (κ2) is 10.3. The fraction of sp³-hybridized carbons (Fsp3) is 0.571. The lowest BCUT2D eigenvalue weighted by atomic mass is 10.2. The molecule has 0 saturated carbocycles. The van der Waals surface area contributed by atoms with Crippen LogP contribution in [0.5, 0.6) is 0 Å². The maximum atomic E-state index is 5.58. The van der Waals surface area contributed by atoms with Crippen LogP contribution in [0.25, 0.3) is 0 Å². The number of ether oxygens (including phenoxy) is 2. The smallest absolute Gasteiger partial charge is 0.0716 e. The molecule has 0 aliphatic carbocycles.